The number of Topliss-reactive ketones (excluding diaryl/α,β-unsaturated/α-hetero) is 1. The molecule has 0 N–H and O–H groups in total. The number of ketones is 1. The van der Waals surface area contributed by atoms with Crippen LogP contribution in [0, 0.1) is 18.8 Å². The van der Waals surface area contributed by atoms with Gasteiger partial charge in [-0.1, -0.05) is 37.8 Å². The summed E-state index contributed by atoms with van der Waals surface area (Å²) in [6.07, 6.45) is 5.79. The van der Waals surface area contributed by atoms with Crippen molar-refractivity contribution in [3.63, 3.8) is 0 Å². The van der Waals surface area contributed by atoms with Gasteiger partial charge in [-0.25, -0.2) is 0 Å². The van der Waals surface area contributed by atoms with E-state index < -0.39 is 0 Å². The third kappa shape index (κ3) is 2.99. The zero-order valence-corrected chi connectivity index (χ0v) is 12.2. The SMILES string of the molecule is CCC1CCCCC1C(=O)c1cc(C)ccc1OC. The van der Waals surface area contributed by atoms with Crippen LogP contribution in [0.4, 0.5) is 0 Å². The number of methoxy groups -OCH3 is 1. The van der Waals surface area contributed by atoms with Crippen molar-refractivity contribution < 1.29 is 9.53 Å². The minimum absolute atomic E-state index is 0.189. The Bertz CT molecular complexity index is 451. The number of aryl methyl sites for hydroxylation is 1. The van der Waals surface area contributed by atoms with E-state index in [4.69, 9.17) is 4.74 Å². The van der Waals surface area contributed by atoms with E-state index in [1.807, 2.05) is 25.1 Å². The lowest BCUT2D eigenvalue weighted by atomic mass is 9.74. The first-order chi connectivity index (χ1) is 9.17. The summed E-state index contributed by atoms with van der Waals surface area (Å²) >= 11 is 0. The van der Waals surface area contributed by atoms with Crippen LogP contribution in [0.1, 0.15) is 54.9 Å². The van der Waals surface area contributed by atoms with Crippen molar-refractivity contribution in [3.05, 3.63) is 29.3 Å². The Balaban J connectivity index is 2.29. The number of benzene rings is 1. The second-order valence-electron chi connectivity index (χ2n) is 5.63. The molecule has 0 heterocycles. The first-order valence-corrected chi connectivity index (χ1v) is 7.36. The zero-order valence-electron chi connectivity index (χ0n) is 12.2. The van der Waals surface area contributed by atoms with Crippen molar-refractivity contribution in [2.24, 2.45) is 11.8 Å². The summed E-state index contributed by atoms with van der Waals surface area (Å²) in [6, 6.07) is 5.88. The van der Waals surface area contributed by atoms with Gasteiger partial charge >= 0.3 is 0 Å². The minimum atomic E-state index is 0.189. The maximum atomic E-state index is 12.8. The Kier molecular flexibility index (Phi) is 4.62. The first kappa shape index (κ1) is 14.1. The highest BCUT2D eigenvalue weighted by atomic mass is 16.5. The molecule has 1 aliphatic rings. The molecule has 1 fully saturated rings. The fourth-order valence-electron chi connectivity index (χ4n) is 3.26. The highest BCUT2D eigenvalue weighted by Gasteiger charge is 2.31. The molecule has 0 spiro atoms. The van der Waals surface area contributed by atoms with Crippen LogP contribution in [0.2, 0.25) is 0 Å². The summed E-state index contributed by atoms with van der Waals surface area (Å²) < 4.78 is 5.36. The molecule has 2 unspecified atom stereocenters. The van der Waals surface area contributed by atoms with Gasteiger partial charge in [0.2, 0.25) is 0 Å². The number of carbonyl (C=O) groups excluding carboxylic acids is 1. The van der Waals surface area contributed by atoms with E-state index in [2.05, 4.69) is 6.92 Å². The summed E-state index contributed by atoms with van der Waals surface area (Å²) in [7, 11) is 1.64. The molecule has 0 aromatic heterocycles. The lowest BCUT2D eigenvalue weighted by Gasteiger charge is -2.30. The van der Waals surface area contributed by atoms with Gasteiger partial charge in [-0.2, -0.15) is 0 Å². The van der Waals surface area contributed by atoms with Gasteiger partial charge in [0.05, 0.1) is 12.7 Å². The smallest absolute Gasteiger partial charge is 0.169 e. The van der Waals surface area contributed by atoms with Gasteiger partial charge < -0.3 is 4.74 Å². The summed E-state index contributed by atoms with van der Waals surface area (Å²) in [5.41, 5.74) is 1.89. The Hall–Kier alpha value is -1.31. The normalized spacial score (nSPS) is 23.1. The average Bonchev–Trinajstić information content (AvgIpc) is 2.46. The molecule has 19 heavy (non-hydrogen) atoms. The van der Waals surface area contributed by atoms with Gasteiger partial charge in [0.15, 0.2) is 5.78 Å². The second kappa shape index (κ2) is 6.23. The Labute approximate surface area is 116 Å². The number of hydrogen-bond acceptors (Lipinski definition) is 2. The molecule has 0 radical (unpaired) electrons. The standard InChI is InChI=1S/C17H24O2/c1-4-13-7-5-6-8-14(13)17(18)15-11-12(2)9-10-16(15)19-3/h9-11,13-14H,4-8H2,1-3H3. The third-order valence-electron chi connectivity index (χ3n) is 4.39. The number of carbonyl (C=O) groups is 1. The van der Waals surface area contributed by atoms with E-state index in [1.54, 1.807) is 7.11 Å². The Morgan fingerprint density at radius 1 is 1.32 bits per heavy atom. The molecule has 0 saturated heterocycles. The van der Waals surface area contributed by atoms with E-state index >= 15 is 0 Å². The van der Waals surface area contributed by atoms with Crippen LogP contribution < -0.4 is 4.74 Å². The number of ether oxygens (including phenoxy) is 1. The second-order valence-corrected chi connectivity index (χ2v) is 5.63. The Morgan fingerprint density at radius 3 is 2.74 bits per heavy atom. The lowest BCUT2D eigenvalue weighted by Crippen LogP contribution is -2.27. The van der Waals surface area contributed by atoms with Gasteiger partial charge in [0.1, 0.15) is 5.75 Å². The summed E-state index contributed by atoms with van der Waals surface area (Å²) in [6.45, 7) is 4.22. The van der Waals surface area contributed by atoms with Gasteiger partial charge in [-0.15, -0.1) is 0 Å². The summed E-state index contributed by atoms with van der Waals surface area (Å²) in [5.74, 6) is 1.74. The van der Waals surface area contributed by atoms with E-state index in [0.29, 0.717) is 5.92 Å². The molecule has 1 saturated carbocycles. The topological polar surface area (TPSA) is 26.3 Å². The molecular formula is C17H24O2. The molecule has 1 aromatic rings. The van der Waals surface area contributed by atoms with E-state index in [0.717, 1.165) is 29.7 Å². The molecule has 1 aromatic carbocycles. The van der Waals surface area contributed by atoms with Crippen molar-refractivity contribution in [3.8, 4) is 5.75 Å². The van der Waals surface area contributed by atoms with E-state index in [1.165, 1.54) is 19.3 Å². The molecular weight excluding hydrogens is 236 g/mol. The molecule has 1 aliphatic carbocycles. The van der Waals surface area contributed by atoms with Gasteiger partial charge in [0, 0.05) is 5.92 Å². The van der Waals surface area contributed by atoms with Crippen LogP contribution in [-0.2, 0) is 0 Å². The summed E-state index contributed by atoms with van der Waals surface area (Å²) in [4.78, 5) is 12.8. The largest absolute Gasteiger partial charge is 0.496 e. The highest BCUT2D eigenvalue weighted by Crippen LogP contribution is 2.36. The molecule has 104 valence electrons. The predicted molar refractivity (Wildman–Crippen MR) is 77.8 cm³/mol. The molecule has 2 nitrogen and oxygen atoms in total. The quantitative estimate of drug-likeness (QED) is 0.750. The number of hydrogen-bond donors (Lipinski definition) is 0. The molecule has 2 heteroatoms. The molecule has 2 rings (SSSR count). The average molecular weight is 260 g/mol. The van der Waals surface area contributed by atoms with Crippen molar-refractivity contribution in [1.82, 2.24) is 0 Å². The maximum Gasteiger partial charge on any atom is 0.169 e. The summed E-state index contributed by atoms with van der Waals surface area (Å²) in [5, 5.41) is 0. The van der Waals surface area contributed by atoms with E-state index in [-0.39, 0.29) is 11.7 Å². The fourth-order valence-corrected chi connectivity index (χ4v) is 3.26. The third-order valence-corrected chi connectivity index (χ3v) is 4.39. The molecule has 0 bridgehead atoms. The first-order valence-electron chi connectivity index (χ1n) is 7.36. The van der Waals surface area contributed by atoms with Gasteiger partial charge in [-0.3, -0.25) is 4.79 Å². The van der Waals surface area contributed by atoms with Gasteiger partial charge in [-0.05, 0) is 37.8 Å². The fraction of sp³-hybridized carbons (Fsp3) is 0.588. The minimum Gasteiger partial charge on any atom is -0.496 e. The monoisotopic (exact) mass is 260 g/mol. The van der Waals surface area contributed by atoms with Crippen molar-refractivity contribution in [1.29, 1.82) is 0 Å². The van der Waals surface area contributed by atoms with Crippen LogP contribution in [0.15, 0.2) is 18.2 Å². The van der Waals surface area contributed by atoms with Crippen LogP contribution in [-0.4, -0.2) is 12.9 Å². The number of rotatable bonds is 4. The maximum absolute atomic E-state index is 12.8. The predicted octanol–water partition coefficient (Wildman–Crippen LogP) is 4.40. The van der Waals surface area contributed by atoms with Gasteiger partial charge in [0.25, 0.3) is 0 Å². The van der Waals surface area contributed by atoms with Crippen molar-refractivity contribution in [2.75, 3.05) is 7.11 Å². The molecule has 2 atom stereocenters. The zero-order chi connectivity index (χ0) is 13.8. The highest BCUT2D eigenvalue weighted by molar-refractivity contribution is 6.00. The van der Waals surface area contributed by atoms with E-state index in [9.17, 15) is 4.79 Å². The molecule has 0 aliphatic heterocycles. The Morgan fingerprint density at radius 2 is 2.05 bits per heavy atom. The van der Waals surface area contributed by atoms with Crippen molar-refractivity contribution in [2.45, 2.75) is 46.0 Å². The van der Waals surface area contributed by atoms with Crippen LogP contribution in [0.5, 0.6) is 5.75 Å². The van der Waals surface area contributed by atoms with Crippen LogP contribution >= 0.6 is 0 Å². The van der Waals surface area contributed by atoms with Crippen LogP contribution in [0.25, 0.3) is 0 Å². The van der Waals surface area contributed by atoms with Crippen LogP contribution in [0.3, 0.4) is 0 Å². The van der Waals surface area contributed by atoms with Crippen molar-refractivity contribution >= 4 is 5.78 Å². The lowest BCUT2D eigenvalue weighted by molar-refractivity contribution is 0.0817. The molecule has 0 amide bonds.